The molecule has 0 radical (unpaired) electrons. The van der Waals surface area contributed by atoms with Gasteiger partial charge in [-0.2, -0.15) is 0 Å². The van der Waals surface area contributed by atoms with Crippen molar-refractivity contribution in [2.24, 2.45) is 0 Å². The molecule has 1 fully saturated rings. The lowest BCUT2D eigenvalue weighted by Crippen LogP contribution is -2.54. The molecule has 144 valence electrons. The molecule has 27 heavy (non-hydrogen) atoms. The molecule has 1 aliphatic carbocycles. The summed E-state index contributed by atoms with van der Waals surface area (Å²) in [5.41, 5.74) is 3.02. The van der Waals surface area contributed by atoms with Crippen LogP contribution in [-0.2, 0) is 4.79 Å². The second-order valence-corrected chi connectivity index (χ2v) is 7.02. The van der Waals surface area contributed by atoms with Gasteiger partial charge in [-0.05, 0) is 45.4 Å². The number of hydrogen-bond acceptors (Lipinski definition) is 5. The van der Waals surface area contributed by atoms with Crippen LogP contribution in [0.25, 0.3) is 5.69 Å². The number of aromatic nitrogens is 3. The van der Waals surface area contributed by atoms with Gasteiger partial charge in [0.05, 0.1) is 17.9 Å². The molecule has 2 aromatic rings. The molecule has 1 aliphatic rings. The highest BCUT2D eigenvalue weighted by atomic mass is 16.4. The smallest absolute Gasteiger partial charge is 0.317 e. The van der Waals surface area contributed by atoms with Gasteiger partial charge >= 0.3 is 5.97 Å². The molecular weight excluding hydrogens is 346 g/mol. The molecule has 0 unspecified atom stereocenters. The third-order valence-electron chi connectivity index (χ3n) is 5.10. The van der Waals surface area contributed by atoms with Gasteiger partial charge in [0.1, 0.15) is 0 Å². The summed E-state index contributed by atoms with van der Waals surface area (Å²) in [6, 6.07) is 8.09. The van der Waals surface area contributed by atoms with E-state index in [1.54, 1.807) is 4.68 Å². The van der Waals surface area contributed by atoms with Gasteiger partial charge < -0.3 is 10.4 Å². The third-order valence-corrected chi connectivity index (χ3v) is 5.10. The highest BCUT2D eigenvalue weighted by Gasteiger charge is 2.35. The van der Waals surface area contributed by atoms with E-state index in [4.69, 9.17) is 5.11 Å². The van der Waals surface area contributed by atoms with E-state index in [0.29, 0.717) is 17.9 Å². The number of hydrogen-bond donors (Lipinski definition) is 2. The number of rotatable bonds is 7. The number of carbonyl (C=O) groups is 2. The van der Waals surface area contributed by atoms with E-state index < -0.39 is 5.97 Å². The van der Waals surface area contributed by atoms with Gasteiger partial charge in [0, 0.05) is 12.1 Å². The topological polar surface area (TPSA) is 100 Å². The standard InChI is InChI=1S/C19H25N5O3/c1-4-23(11-17(25)26)16-9-14(10-16)20-19(27)18-13(3)24(22-21-18)15-7-5-12(2)6-8-15/h5-8,14,16H,4,9-11H2,1-3H3,(H,20,27)(H,25,26). The molecule has 8 heteroatoms. The first-order valence-corrected chi connectivity index (χ1v) is 9.15. The average molecular weight is 371 g/mol. The lowest BCUT2D eigenvalue weighted by molar-refractivity contribution is -0.139. The van der Waals surface area contributed by atoms with Crippen molar-refractivity contribution in [1.82, 2.24) is 25.2 Å². The van der Waals surface area contributed by atoms with Crippen molar-refractivity contribution in [3.05, 3.63) is 41.2 Å². The second-order valence-electron chi connectivity index (χ2n) is 7.02. The van der Waals surface area contributed by atoms with Crippen molar-refractivity contribution in [3.63, 3.8) is 0 Å². The van der Waals surface area contributed by atoms with E-state index in [0.717, 1.165) is 24.1 Å². The minimum Gasteiger partial charge on any atom is -0.480 e. The lowest BCUT2D eigenvalue weighted by Gasteiger charge is -2.42. The number of carbonyl (C=O) groups excluding carboxylic acids is 1. The summed E-state index contributed by atoms with van der Waals surface area (Å²) in [7, 11) is 0. The normalized spacial score (nSPS) is 19.0. The molecule has 1 amide bonds. The molecule has 1 heterocycles. The van der Waals surface area contributed by atoms with Crippen molar-refractivity contribution in [1.29, 1.82) is 0 Å². The molecule has 1 saturated carbocycles. The first-order chi connectivity index (χ1) is 12.9. The van der Waals surface area contributed by atoms with Gasteiger partial charge in [-0.3, -0.25) is 14.5 Å². The Morgan fingerprint density at radius 2 is 1.93 bits per heavy atom. The van der Waals surface area contributed by atoms with Gasteiger partial charge in [-0.25, -0.2) is 4.68 Å². The van der Waals surface area contributed by atoms with Crippen LogP contribution in [0.3, 0.4) is 0 Å². The molecule has 8 nitrogen and oxygen atoms in total. The van der Waals surface area contributed by atoms with Crippen LogP contribution in [0.15, 0.2) is 24.3 Å². The molecule has 1 aromatic carbocycles. The Hall–Kier alpha value is -2.74. The second kappa shape index (κ2) is 7.87. The van der Waals surface area contributed by atoms with E-state index in [2.05, 4.69) is 15.6 Å². The Morgan fingerprint density at radius 1 is 1.26 bits per heavy atom. The predicted octanol–water partition coefficient (Wildman–Crippen LogP) is 1.55. The molecule has 3 rings (SSSR count). The van der Waals surface area contributed by atoms with Gasteiger partial charge in [-0.1, -0.05) is 29.8 Å². The summed E-state index contributed by atoms with van der Waals surface area (Å²) in [5.74, 6) is -1.07. The monoisotopic (exact) mass is 371 g/mol. The van der Waals surface area contributed by atoms with Crippen molar-refractivity contribution >= 4 is 11.9 Å². The zero-order chi connectivity index (χ0) is 19.6. The van der Waals surface area contributed by atoms with E-state index in [1.165, 1.54) is 0 Å². The molecule has 0 bridgehead atoms. The maximum absolute atomic E-state index is 12.6. The zero-order valence-corrected chi connectivity index (χ0v) is 15.8. The number of likely N-dealkylation sites (N-methyl/N-ethyl adjacent to an activating group) is 1. The molecule has 2 N–H and O–H groups in total. The average Bonchev–Trinajstić information content (AvgIpc) is 2.98. The van der Waals surface area contributed by atoms with Gasteiger partial charge in [0.2, 0.25) is 0 Å². The van der Waals surface area contributed by atoms with Crippen LogP contribution in [0, 0.1) is 13.8 Å². The molecular formula is C19H25N5O3. The number of nitrogens with zero attached hydrogens (tertiary/aromatic N) is 4. The number of carboxylic acid groups (broad SMARTS) is 1. The van der Waals surface area contributed by atoms with E-state index in [1.807, 2.05) is 49.9 Å². The SMILES string of the molecule is CCN(CC(=O)O)C1CC(NC(=O)c2nnn(-c3ccc(C)cc3)c2C)C1. The molecule has 0 aliphatic heterocycles. The van der Waals surface area contributed by atoms with E-state index in [-0.39, 0.29) is 24.5 Å². The Morgan fingerprint density at radius 3 is 2.52 bits per heavy atom. The van der Waals surface area contributed by atoms with Crippen LogP contribution in [0.2, 0.25) is 0 Å². The number of aryl methyl sites for hydroxylation is 1. The van der Waals surface area contributed by atoms with Gasteiger partial charge in [0.15, 0.2) is 5.69 Å². The van der Waals surface area contributed by atoms with Crippen LogP contribution in [0.4, 0.5) is 0 Å². The summed E-state index contributed by atoms with van der Waals surface area (Å²) in [6.45, 7) is 6.50. The molecule has 1 aromatic heterocycles. The predicted molar refractivity (Wildman–Crippen MR) is 100.0 cm³/mol. The van der Waals surface area contributed by atoms with Crippen molar-refractivity contribution < 1.29 is 14.7 Å². The number of aliphatic carboxylic acids is 1. The lowest BCUT2D eigenvalue weighted by atomic mass is 9.85. The Kier molecular flexibility index (Phi) is 5.55. The quantitative estimate of drug-likeness (QED) is 0.766. The van der Waals surface area contributed by atoms with Crippen LogP contribution >= 0.6 is 0 Å². The first kappa shape index (κ1) is 19.0. The van der Waals surface area contributed by atoms with Gasteiger partial charge in [0.25, 0.3) is 5.91 Å². The number of carboxylic acids is 1. The summed E-state index contributed by atoms with van der Waals surface area (Å²) in [5, 5.41) is 20.1. The zero-order valence-electron chi connectivity index (χ0n) is 15.8. The van der Waals surface area contributed by atoms with Crippen molar-refractivity contribution in [2.45, 2.75) is 45.7 Å². The minimum atomic E-state index is -0.826. The summed E-state index contributed by atoms with van der Waals surface area (Å²) in [6.07, 6.45) is 1.50. The fourth-order valence-corrected chi connectivity index (χ4v) is 3.40. The maximum atomic E-state index is 12.6. The highest BCUT2D eigenvalue weighted by molar-refractivity contribution is 5.93. The largest absolute Gasteiger partial charge is 0.480 e. The first-order valence-electron chi connectivity index (χ1n) is 9.15. The maximum Gasteiger partial charge on any atom is 0.317 e. The van der Waals surface area contributed by atoms with E-state index >= 15 is 0 Å². The summed E-state index contributed by atoms with van der Waals surface area (Å²) >= 11 is 0. The fourth-order valence-electron chi connectivity index (χ4n) is 3.40. The van der Waals surface area contributed by atoms with Crippen LogP contribution in [0.5, 0.6) is 0 Å². The van der Waals surface area contributed by atoms with E-state index in [9.17, 15) is 9.59 Å². The summed E-state index contributed by atoms with van der Waals surface area (Å²) < 4.78 is 1.66. The van der Waals surface area contributed by atoms with Crippen LogP contribution in [-0.4, -0.2) is 62.0 Å². The Labute approximate surface area is 158 Å². The Bertz CT molecular complexity index is 824. The fraction of sp³-hybridized carbons (Fsp3) is 0.474. The molecule has 0 saturated heterocycles. The van der Waals surface area contributed by atoms with Crippen LogP contribution < -0.4 is 5.32 Å². The number of amides is 1. The highest BCUT2D eigenvalue weighted by Crippen LogP contribution is 2.26. The number of benzene rings is 1. The molecule has 0 atom stereocenters. The Balaban J connectivity index is 1.60. The third kappa shape index (κ3) is 4.16. The number of nitrogens with one attached hydrogen (secondary N) is 1. The molecule has 0 spiro atoms. The van der Waals surface area contributed by atoms with Crippen molar-refractivity contribution in [3.8, 4) is 5.69 Å². The van der Waals surface area contributed by atoms with Crippen molar-refractivity contribution in [2.75, 3.05) is 13.1 Å². The minimum absolute atomic E-state index is 0.0335. The van der Waals surface area contributed by atoms with Crippen LogP contribution in [0.1, 0.15) is 41.5 Å². The summed E-state index contributed by atoms with van der Waals surface area (Å²) in [4.78, 5) is 25.4. The van der Waals surface area contributed by atoms with Gasteiger partial charge in [-0.15, -0.1) is 5.10 Å².